The molecule has 0 spiro atoms. The van der Waals surface area contributed by atoms with Crippen LogP contribution >= 0.6 is 0 Å². The second-order valence-corrected chi connectivity index (χ2v) is 7.64. The molecule has 0 aromatic rings. The van der Waals surface area contributed by atoms with Gasteiger partial charge in [0, 0.05) is 13.0 Å². The Balaban J connectivity index is 1.72. The summed E-state index contributed by atoms with van der Waals surface area (Å²) < 4.78 is 43.7. The van der Waals surface area contributed by atoms with Gasteiger partial charge in [-0.15, -0.1) is 0 Å². The Morgan fingerprint density at radius 1 is 0.958 bits per heavy atom. The monoisotopic (exact) mass is 346 g/mol. The molecule has 0 bridgehead atoms. The summed E-state index contributed by atoms with van der Waals surface area (Å²) in [5, 5.41) is 0. The molecular formula is C20H33F3O. The zero-order chi connectivity index (χ0) is 17.4. The largest absolute Gasteiger partial charge is 0.414 e. The van der Waals surface area contributed by atoms with Crippen molar-refractivity contribution in [2.24, 2.45) is 17.8 Å². The normalized spacial score (nSPS) is 28.3. The van der Waals surface area contributed by atoms with Crippen LogP contribution in [-0.4, -0.2) is 18.9 Å². The Morgan fingerprint density at radius 2 is 1.58 bits per heavy atom. The van der Waals surface area contributed by atoms with Crippen molar-refractivity contribution in [3.05, 3.63) is 12.2 Å². The van der Waals surface area contributed by atoms with Crippen molar-refractivity contribution in [1.82, 2.24) is 0 Å². The molecular weight excluding hydrogens is 313 g/mol. The summed E-state index contributed by atoms with van der Waals surface area (Å²) in [6.45, 7) is 2.00. The third-order valence-electron chi connectivity index (χ3n) is 5.78. The predicted molar refractivity (Wildman–Crippen MR) is 91.9 cm³/mol. The molecule has 0 heterocycles. The number of hydrogen-bond donors (Lipinski definition) is 0. The van der Waals surface area contributed by atoms with Crippen molar-refractivity contribution in [3.63, 3.8) is 0 Å². The molecule has 140 valence electrons. The van der Waals surface area contributed by atoms with E-state index in [0.29, 0.717) is 12.3 Å². The summed E-state index contributed by atoms with van der Waals surface area (Å²) in [5.74, 6) is 2.25. The average Bonchev–Trinajstić information content (AvgIpc) is 2.58. The van der Waals surface area contributed by atoms with Crippen molar-refractivity contribution >= 4 is 0 Å². The standard InChI is InChI=1S/C20H33F3O/c1-2-15-24-19(20(21,22)23)10-6-7-16-11-13-18(14-12-16)17-8-4-3-5-9-17/h6-7,16-19H,2-5,8-15H2,1H3/t16-,18-,19?. The molecule has 1 atom stereocenters. The van der Waals surface area contributed by atoms with E-state index in [0.717, 1.165) is 24.7 Å². The predicted octanol–water partition coefficient (Wildman–Crippen LogP) is 6.68. The maximum atomic E-state index is 12.9. The van der Waals surface area contributed by atoms with Crippen LogP contribution in [0.3, 0.4) is 0 Å². The van der Waals surface area contributed by atoms with Crippen LogP contribution in [0.25, 0.3) is 0 Å². The summed E-state index contributed by atoms with van der Waals surface area (Å²) >= 11 is 0. The van der Waals surface area contributed by atoms with Gasteiger partial charge in [0.05, 0.1) is 0 Å². The van der Waals surface area contributed by atoms with E-state index < -0.39 is 12.3 Å². The van der Waals surface area contributed by atoms with Gasteiger partial charge in [-0.05, 0) is 49.9 Å². The number of halogens is 3. The van der Waals surface area contributed by atoms with Gasteiger partial charge in [-0.25, -0.2) is 0 Å². The molecule has 0 N–H and O–H groups in total. The minimum Gasteiger partial charge on any atom is -0.368 e. The molecule has 0 aromatic carbocycles. The smallest absolute Gasteiger partial charge is 0.368 e. The van der Waals surface area contributed by atoms with Gasteiger partial charge >= 0.3 is 6.18 Å². The molecule has 0 aliphatic heterocycles. The van der Waals surface area contributed by atoms with Crippen molar-refractivity contribution in [2.45, 2.75) is 89.8 Å². The SMILES string of the molecule is CCCOC(CC=C[C@H]1CC[C@H](C2CCCCC2)CC1)C(F)(F)F. The Kier molecular flexibility index (Phi) is 8.12. The van der Waals surface area contributed by atoms with Gasteiger partial charge in [0.15, 0.2) is 6.10 Å². The van der Waals surface area contributed by atoms with Crippen molar-refractivity contribution in [3.8, 4) is 0 Å². The fourth-order valence-electron chi connectivity index (χ4n) is 4.37. The first-order valence-electron chi connectivity index (χ1n) is 9.85. The van der Waals surface area contributed by atoms with Crippen LogP contribution in [0.2, 0.25) is 0 Å². The Labute approximate surface area is 145 Å². The molecule has 2 aliphatic rings. The van der Waals surface area contributed by atoms with Crippen LogP contribution in [-0.2, 0) is 4.74 Å². The molecule has 24 heavy (non-hydrogen) atoms. The van der Waals surface area contributed by atoms with Crippen molar-refractivity contribution in [2.75, 3.05) is 6.61 Å². The number of hydrogen-bond acceptors (Lipinski definition) is 1. The molecule has 0 amide bonds. The van der Waals surface area contributed by atoms with Crippen LogP contribution in [0.5, 0.6) is 0 Å². The van der Waals surface area contributed by atoms with Crippen molar-refractivity contribution in [1.29, 1.82) is 0 Å². The highest BCUT2D eigenvalue weighted by molar-refractivity contribution is 4.94. The first-order valence-corrected chi connectivity index (χ1v) is 9.85. The number of allylic oxidation sites excluding steroid dienone is 1. The maximum absolute atomic E-state index is 12.9. The molecule has 1 unspecified atom stereocenters. The fourth-order valence-corrected chi connectivity index (χ4v) is 4.37. The second kappa shape index (κ2) is 9.84. The minimum atomic E-state index is -4.27. The van der Waals surface area contributed by atoms with Gasteiger partial charge in [0.1, 0.15) is 0 Å². The van der Waals surface area contributed by atoms with E-state index in [9.17, 15) is 13.2 Å². The highest BCUT2D eigenvalue weighted by atomic mass is 19.4. The zero-order valence-corrected chi connectivity index (χ0v) is 15.0. The van der Waals surface area contributed by atoms with E-state index >= 15 is 0 Å². The molecule has 0 aromatic heterocycles. The lowest BCUT2D eigenvalue weighted by Gasteiger charge is -2.35. The zero-order valence-electron chi connectivity index (χ0n) is 15.0. The Hall–Kier alpha value is -0.510. The molecule has 2 saturated carbocycles. The van der Waals surface area contributed by atoms with Crippen LogP contribution in [0.1, 0.15) is 77.6 Å². The fraction of sp³-hybridized carbons (Fsp3) is 0.900. The second-order valence-electron chi connectivity index (χ2n) is 7.64. The summed E-state index contributed by atoms with van der Waals surface area (Å²) in [6.07, 6.45) is 10.2. The lowest BCUT2D eigenvalue weighted by atomic mass is 9.71. The quantitative estimate of drug-likeness (QED) is 0.467. The number of alkyl halides is 3. The lowest BCUT2D eigenvalue weighted by Crippen LogP contribution is -2.31. The Bertz CT molecular complexity index is 364. The van der Waals surface area contributed by atoms with Gasteiger partial charge in [-0.3, -0.25) is 0 Å². The minimum absolute atomic E-state index is 0.0496. The number of ether oxygens (including phenoxy) is 1. The molecule has 2 aliphatic carbocycles. The van der Waals surface area contributed by atoms with E-state index in [1.807, 2.05) is 13.0 Å². The van der Waals surface area contributed by atoms with Gasteiger partial charge in [0.25, 0.3) is 0 Å². The summed E-state index contributed by atoms with van der Waals surface area (Å²) in [5.41, 5.74) is 0. The van der Waals surface area contributed by atoms with E-state index in [2.05, 4.69) is 0 Å². The van der Waals surface area contributed by atoms with E-state index in [1.54, 1.807) is 6.08 Å². The van der Waals surface area contributed by atoms with Gasteiger partial charge in [-0.1, -0.05) is 51.2 Å². The third kappa shape index (κ3) is 6.42. The average molecular weight is 346 g/mol. The van der Waals surface area contributed by atoms with Crippen LogP contribution in [0.4, 0.5) is 13.2 Å². The molecule has 0 radical (unpaired) electrons. The summed E-state index contributed by atoms with van der Waals surface area (Å²) in [7, 11) is 0. The third-order valence-corrected chi connectivity index (χ3v) is 5.78. The maximum Gasteiger partial charge on any atom is 0.414 e. The first-order chi connectivity index (χ1) is 11.5. The molecule has 1 nitrogen and oxygen atoms in total. The topological polar surface area (TPSA) is 9.23 Å². The highest BCUT2D eigenvalue weighted by Gasteiger charge is 2.39. The molecule has 2 fully saturated rings. The van der Waals surface area contributed by atoms with Crippen LogP contribution in [0, 0.1) is 17.8 Å². The summed E-state index contributed by atoms with van der Waals surface area (Å²) in [4.78, 5) is 0. The van der Waals surface area contributed by atoms with Crippen LogP contribution < -0.4 is 0 Å². The molecule has 4 heteroatoms. The van der Waals surface area contributed by atoms with Crippen LogP contribution in [0.15, 0.2) is 12.2 Å². The van der Waals surface area contributed by atoms with Gasteiger partial charge in [-0.2, -0.15) is 13.2 Å². The summed E-state index contributed by atoms with van der Waals surface area (Å²) in [6, 6.07) is 0. The van der Waals surface area contributed by atoms with Gasteiger partial charge < -0.3 is 4.74 Å². The first kappa shape index (κ1) is 19.8. The molecule has 0 saturated heterocycles. The van der Waals surface area contributed by atoms with E-state index in [1.165, 1.54) is 44.9 Å². The Morgan fingerprint density at radius 3 is 2.17 bits per heavy atom. The lowest BCUT2D eigenvalue weighted by molar-refractivity contribution is -0.219. The number of rotatable bonds is 7. The highest BCUT2D eigenvalue weighted by Crippen LogP contribution is 2.40. The van der Waals surface area contributed by atoms with E-state index in [-0.39, 0.29) is 13.0 Å². The van der Waals surface area contributed by atoms with Gasteiger partial charge in [0.2, 0.25) is 0 Å². The van der Waals surface area contributed by atoms with Crippen molar-refractivity contribution < 1.29 is 17.9 Å². The van der Waals surface area contributed by atoms with E-state index in [4.69, 9.17) is 4.74 Å². The molecule has 2 rings (SSSR count).